The van der Waals surface area contributed by atoms with Crippen molar-refractivity contribution in [3.63, 3.8) is 0 Å². The van der Waals surface area contributed by atoms with Gasteiger partial charge in [-0.25, -0.2) is 0 Å². The summed E-state index contributed by atoms with van der Waals surface area (Å²) in [4.78, 5) is 6.69. The largest absolute Gasteiger partial charge is 0.355 e. The second-order valence-electron chi connectivity index (χ2n) is 6.98. The summed E-state index contributed by atoms with van der Waals surface area (Å²) in [7, 11) is 0.988. The molecule has 24 heavy (non-hydrogen) atoms. The maximum absolute atomic E-state index is 12.1. The Kier molecular flexibility index (Phi) is 8.70. The highest BCUT2D eigenvalue weighted by atomic mass is 127. The second kappa shape index (κ2) is 9.75. The van der Waals surface area contributed by atoms with Gasteiger partial charge in [0.05, 0.1) is 0 Å². The average molecular weight is 463 g/mol. The lowest BCUT2D eigenvalue weighted by Crippen LogP contribution is -2.42. The highest BCUT2D eigenvalue weighted by Gasteiger charge is 2.26. The van der Waals surface area contributed by atoms with E-state index in [4.69, 9.17) is 0 Å². The molecule has 1 aliphatic heterocycles. The van der Waals surface area contributed by atoms with Crippen LogP contribution in [0.4, 0.5) is 0 Å². The first-order valence-corrected chi connectivity index (χ1v) is 9.62. The smallest absolute Gasteiger partial charge is 0.193 e. The maximum Gasteiger partial charge on any atom is 0.193 e. The lowest BCUT2D eigenvalue weighted by atomic mass is 9.99. The molecule has 4 nitrogen and oxygen atoms in total. The van der Waals surface area contributed by atoms with Crippen molar-refractivity contribution in [2.45, 2.75) is 37.9 Å². The van der Waals surface area contributed by atoms with Gasteiger partial charge in [0, 0.05) is 53.9 Å². The quantitative estimate of drug-likeness (QED) is 0.424. The molecule has 0 aromatic heterocycles. The van der Waals surface area contributed by atoms with Crippen molar-refractivity contribution < 1.29 is 4.21 Å². The number of hydrogen-bond donors (Lipinski definition) is 1. The summed E-state index contributed by atoms with van der Waals surface area (Å²) < 4.78 is 12.0. The van der Waals surface area contributed by atoms with E-state index >= 15 is 0 Å². The number of benzene rings is 1. The molecule has 136 valence electrons. The van der Waals surface area contributed by atoms with E-state index < -0.39 is 10.8 Å². The Balaban J connectivity index is 0.00000288. The fourth-order valence-corrected chi connectivity index (χ4v) is 3.74. The van der Waals surface area contributed by atoms with Gasteiger partial charge in [-0.15, -0.1) is 24.0 Å². The summed E-state index contributed by atoms with van der Waals surface area (Å²) in [5.74, 6) is 2.14. The monoisotopic (exact) mass is 463 g/mol. The summed E-state index contributed by atoms with van der Waals surface area (Å²) in [5, 5.41) is 3.37. The van der Waals surface area contributed by atoms with Crippen molar-refractivity contribution in [1.82, 2.24) is 10.2 Å². The average Bonchev–Trinajstić information content (AvgIpc) is 3.01. The predicted molar refractivity (Wildman–Crippen MR) is 115 cm³/mol. The van der Waals surface area contributed by atoms with Gasteiger partial charge in [0.2, 0.25) is 0 Å². The molecule has 1 aliphatic rings. The highest BCUT2D eigenvalue weighted by molar-refractivity contribution is 14.0. The molecule has 1 fully saturated rings. The third-order valence-electron chi connectivity index (χ3n) is 4.22. The van der Waals surface area contributed by atoms with Crippen LogP contribution in [0.25, 0.3) is 0 Å². The minimum atomic E-state index is -0.830. The van der Waals surface area contributed by atoms with Crippen molar-refractivity contribution in [2.24, 2.45) is 4.99 Å². The molecule has 0 aliphatic carbocycles. The van der Waals surface area contributed by atoms with E-state index in [1.54, 1.807) is 0 Å². The number of aliphatic imine (C=N–C) groups is 1. The van der Waals surface area contributed by atoms with Crippen molar-refractivity contribution in [1.29, 1.82) is 0 Å². The molecule has 1 N–H and O–H groups in total. The molecule has 0 amide bonds. The first-order chi connectivity index (χ1) is 10.9. The van der Waals surface area contributed by atoms with Crippen LogP contribution >= 0.6 is 24.0 Å². The zero-order valence-corrected chi connectivity index (χ0v) is 18.3. The minimum absolute atomic E-state index is 0. The SMILES string of the molecule is CN=C(NCCS(=O)C(C)(C)C)N1CCC(c2ccccc2)C1.I. The van der Waals surface area contributed by atoms with Gasteiger partial charge < -0.3 is 10.2 Å². The van der Waals surface area contributed by atoms with Gasteiger partial charge in [0.1, 0.15) is 0 Å². The van der Waals surface area contributed by atoms with Gasteiger partial charge >= 0.3 is 0 Å². The summed E-state index contributed by atoms with van der Waals surface area (Å²) in [6.45, 7) is 8.76. The molecule has 1 saturated heterocycles. The Hall–Kier alpha value is -0.630. The summed E-state index contributed by atoms with van der Waals surface area (Å²) in [6, 6.07) is 10.7. The van der Waals surface area contributed by atoms with E-state index in [9.17, 15) is 4.21 Å². The van der Waals surface area contributed by atoms with Crippen molar-refractivity contribution in [3.8, 4) is 0 Å². The number of nitrogens with zero attached hydrogens (tertiary/aromatic N) is 2. The number of hydrogen-bond acceptors (Lipinski definition) is 2. The molecular formula is C18H30IN3OS. The molecular weight excluding hydrogens is 433 g/mol. The highest BCUT2D eigenvalue weighted by Crippen LogP contribution is 2.26. The Morgan fingerprint density at radius 2 is 2.00 bits per heavy atom. The van der Waals surface area contributed by atoms with Crippen molar-refractivity contribution in [2.75, 3.05) is 32.4 Å². The fourth-order valence-electron chi connectivity index (χ4n) is 2.84. The summed E-state index contributed by atoms with van der Waals surface area (Å²) >= 11 is 0. The first-order valence-electron chi connectivity index (χ1n) is 8.31. The Bertz CT molecular complexity index is 557. The van der Waals surface area contributed by atoms with Crippen LogP contribution in [-0.4, -0.2) is 52.3 Å². The lowest BCUT2D eigenvalue weighted by molar-refractivity contribution is 0.488. The van der Waals surface area contributed by atoms with Crippen LogP contribution in [0.2, 0.25) is 0 Å². The number of halogens is 1. The molecule has 0 saturated carbocycles. The van der Waals surface area contributed by atoms with Gasteiger partial charge in [0.15, 0.2) is 5.96 Å². The molecule has 2 unspecified atom stereocenters. The Morgan fingerprint density at radius 3 is 2.58 bits per heavy atom. The molecule has 1 aromatic carbocycles. The molecule has 2 rings (SSSR count). The van der Waals surface area contributed by atoms with Crippen LogP contribution < -0.4 is 5.32 Å². The van der Waals surface area contributed by atoms with E-state index in [0.717, 1.165) is 25.5 Å². The summed E-state index contributed by atoms with van der Waals surface area (Å²) in [5.41, 5.74) is 1.40. The van der Waals surface area contributed by atoms with E-state index in [-0.39, 0.29) is 28.7 Å². The van der Waals surface area contributed by atoms with Crippen LogP contribution in [0.3, 0.4) is 0 Å². The van der Waals surface area contributed by atoms with Crippen LogP contribution in [0.1, 0.15) is 38.7 Å². The number of likely N-dealkylation sites (tertiary alicyclic amines) is 1. The molecule has 0 spiro atoms. The fraction of sp³-hybridized carbons (Fsp3) is 0.611. The normalized spacial score (nSPS) is 19.8. The zero-order valence-electron chi connectivity index (χ0n) is 15.1. The molecule has 1 heterocycles. The first kappa shape index (κ1) is 21.4. The third-order valence-corrected chi connectivity index (χ3v) is 6.17. The molecule has 2 atom stereocenters. The van der Waals surface area contributed by atoms with E-state index in [1.807, 2.05) is 27.8 Å². The van der Waals surface area contributed by atoms with Crippen LogP contribution in [0, 0.1) is 0 Å². The summed E-state index contributed by atoms with van der Waals surface area (Å²) in [6.07, 6.45) is 1.15. The topological polar surface area (TPSA) is 44.7 Å². The van der Waals surface area contributed by atoms with Gasteiger partial charge in [-0.2, -0.15) is 0 Å². The van der Waals surface area contributed by atoms with Crippen LogP contribution in [0.15, 0.2) is 35.3 Å². The Morgan fingerprint density at radius 1 is 1.33 bits per heavy atom. The molecule has 0 bridgehead atoms. The van der Waals surface area contributed by atoms with E-state index in [2.05, 4.69) is 45.5 Å². The standard InChI is InChI=1S/C18H29N3OS.HI/c1-18(2,3)23(22)13-11-20-17(19-4)21-12-10-16(14-21)15-8-6-5-7-9-15;/h5-9,16H,10-14H2,1-4H3,(H,19,20);1H. The lowest BCUT2D eigenvalue weighted by Gasteiger charge is -2.23. The molecule has 6 heteroatoms. The van der Waals surface area contributed by atoms with Crippen LogP contribution in [0.5, 0.6) is 0 Å². The van der Waals surface area contributed by atoms with Gasteiger partial charge in [-0.1, -0.05) is 30.3 Å². The van der Waals surface area contributed by atoms with Crippen LogP contribution in [-0.2, 0) is 10.8 Å². The van der Waals surface area contributed by atoms with Gasteiger partial charge in [-0.3, -0.25) is 9.20 Å². The van der Waals surface area contributed by atoms with E-state index in [0.29, 0.717) is 18.2 Å². The number of guanidine groups is 1. The van der Waals surface area contributed by atoms with Crippen molar-refractivity contribution in [3.05, 3.63) is 35.9 Å². The second-order valence-corrected chi connectivity index (χ2v) is 9.30. The molecule has 0 radical (unpaired) electrons. The van der Waals surface area contributed by atoms with Crippen molar-refractivity contribution >= 4 is 40.7 Å². The minimum Gasteiger partial charge on any atom is -0.355 e. The Labute approximate surface area is 166 Å². The maximum atomic E-state index is 12.1. The predicted octanol–water partition coefficient (Wildman–Crippen LogP) is 3.22. The van der Waals surface area contributed by atoms with Gasteiger partial charge in [0.25, 0.3) is 0 Å². The zero-order chi connectivity index (χ0) is 16.9. The number of nitrogens with one attached hydrogen (secondary N) is 1. The van der Waals surface area contributed by atoms with E-state index in [1.165, 1.54) is 5.56 Å². The van der Waals surface area contributed by atoms with Gasteiger partial charge in [-0.05, 0) is 32.8 Å². The third kappa shape index (κ3) is 6.02. The number of rotatable bonds is 4. The molecule has 1 aromatic rings.